The van der Waals surface area contributed by atoms with Crippen LogP contribution < -0.4 is 0 Å². The van der Waals surface area contributed by atoms with Crippen LogP contribution in [0.3, 0.4) is 0 Å². The minimum atomic E-state index is -4.92. The summed E-state index contributed by atoms with van der Waals surface area (Å²) in [6.45, 7) is 14.5. The molecule has 0 aromatic carbocycles. The van der Waals surface area contributed by atoms with Crippen LogP contribution in [-0.4, -0.2) is 37.3 Å². The van der Waals surface area contributed by atoms with Gasteiger partial charge in [0, 0.05) is 0 Å². The summed E-state index contributed by atoms with van der Waals surface area (Å²) in [6.07, 6.45) is 0. The van der Waals surface area contributed by atoms with Gasteiger partial charge in [-0.1, -0.05) is 0 Å². The van der Waals surface area contributed by atoms with E-state index in [1.54, 1.807) is 0 Å². The van der Waals surface area contributed by atoms with Crippen LogP contribution in [0, 0.1) is 0 Å². The smallest absolute Gasteiger partial charge is 0.215 e. The molecule has 0 aliphatic heterocycles. The molecule has 4 nitrogen and oxygen atoms in total. The van der Waals surface area contributed by atoms with E-state index in [-0.39, 0.29) is 0 Å². The molecule has 15 heavy (non-hydrogen) atoms. The average Bonchev–Trinajstić information content (AvgIpc) is 1.77. The van der Waals surface area contributed by atoms with Crippen LogP contribution in [0.5, 0.6) is 0 Å². The monoisotopic (exact) mass is 346 g/mol. The zero-order valence-corrected chi connectivity index (χ0v) is 14.0. The van der Waals surface area contributed by atoms with Crippen molar-refractivity contribution in [2.45, 2.75) is 53.3 Å². The molecule has 0 amide bonds. The summed E-state index contributed by atoms with van der Waals surface area (Å²) in [7, 11) is -4.92. The summed E-state index contributed by atoms with van der Waals surface area (Å²) in [6, 6.07) is 0. The Morgan fingerprint density at radius 2 is 1.07 bits per heavy atom. The SMILES string of the molecule is C[CH](C)[Sn+]([CH](C)C)[CH](C)C.O=S(=O)([O-])O. The van der Waals surface area contributed by atoms with Gasteiger partial charge >= 0.3 is 73.1 Å². The largest absolute Gasteiger partial charge is 0.726 e. The predicted octanol–water partition coefficient (Wildman–Crippen LogP) is 2.72. The van der Waals surface area contributed by atoms with Crippen LogP contribution in [0.2, 0.25) is 11.8 Å². The third kappa shape index (κ3) is 14.7. The van der Waals surface area contributed by atoms with Gasteiger partial charge in [-0.3, -0.25) is 4.55 Å². The van der Waals surface area contributed by atoms with Crippen LogP contribution in [-0.2, 0) is 10.4 Å². The molecule has 0 rings (SSSR count). The van der Waals surface area contributed by atoms with E-state index >= 15 is 0 Å². The van der Waals surface area contributed by atoms with Crippen LogP contribution in [0.15, 0.2) is 0 Å². The molecule has 0 fully saturated rings. The maximum Gasteiger partial charge on any atom is 0.215 e. The quantitative estimate of drug-likeness (QED) is 0.485. The molecular weight excluding hydrogens is 323 g/mol. The van der Waals surface area contributed by atoms with Gasteiger partial charge in [-0.2, -0.15) is 0 Å². The molecule has 6 heteroatoms. The Labute approximate surface area is 101 Å². The third-order valence-corrected chi connectivity index (χ3v) is 13.4. The van der Waals surface area contributed by atoms with Crippen molar-refractivity contribution in [2.24, 2.45) is 0 Å². The van der Waals surface area contributed by atoms with E-state index < -0.39 is 30.2 Å². The second-order valence-electron chi connectivity index (χ2n) is 4.39. The van der Waals surface area contributed by atoms with Crippen molar-refractivity contribution in [3.05, 3.63) is 0 Å². The van der Waals surface area contributed by atoms with Crippen molar-refractivity contribution >= 4 is 30.2 Å². The predicted molar refractivity (Wildman–Crippen MR) is 63.4 cm³/mol. The summed E-state index contributed by atoms with van der Waals surface area (Å²) in [5, 5.41) is 0. The first-order chi connectivity index (χ1) is 6.46. The number of rotatable bonds is 3. The Balaban J connectivity index is 0. The van der Waals surface area contributed by atoms with Crippen molar-refractivity contribution < 1.29 is 17.5 Å². The fourth-order valence-electron chi connectivity index (χ4n) is 2.00. The Morgan fingerprint density at radius 1 is 0.933 bits per heavy atom. The molecule has 0 bridgehead atoms. The van der Waals surface area contributed by atoms with E-state index in [1.165, 1.54) is 0 Å². The van der Waals surface area contributed by atoms with Gasteiger partial charge in [0.25, 0.3) is 0 Å². The number of hydrogen-bond acceptors (Lipinski definition) is 3. The normalized spacial score (nSPS) is 11.7. The van der Waals surface area contributed by atoms with E-state index in [2.05, 4.69) is 41.5 Å². The minimum absolute atomic E-state index is 1.01. The van der Waals surface area contributed by atoms with Crippen LogP contribution in [0.1, 0.15) is 41.5 Å². The van der Waals surface area contributed by atoms with Gasteiger partial charge < -0.3 is 4.55 Å². The molecule has 0 saturated heterocycles. The topological polar surface area (TPSA) is 77.4 Å². The molecule has 0 unspecified atom stereocenters. The molecule has 92 valence electrons. The third-order valence-electron chi connectivity index (χ3n) is 2.00. The molecule has 0 aliphatic rings. The second-order valence-corrected chi connectivity index (χ2v) is 18.0. The maximum absolute atomic E-state index is 8.63. The first-order valence-electron chi connectivity index (χ1n) is 5.01. The Bertz CT molecular complexity index is 220. The molecule has 0 aromatic rings. The minimum Gasteiger partial charge on any atom is -0.726 e. The van der Waals surface area contributed by atoms with E-state index in [1.807, 2.05) is 0 Å². The summed E-state index contributed by atoms with van der Waals surface area (Å²) < 4.78 is 35.9. The van der Waals surface area contributed by atoms with Crippen molar-refractivity contribution in [1.82, 2.24) is 0 Å². The van der Waals surface area contributed by atoms with Gasteiger partial charge in [-0.25, -0.2) is 8.42 Å². The Morgan fingerprint density at radius 3 is 1.07 bits per heavy atom. The first kappa shape index (κ1) is 18.0. The van der Waals surface area contributed by atoms with Crippen LogP contribution in [0.4, 0.5) is 0 Å². The molecule has 0 aromatic heterocycles. The van der Waals surface area contributed by atoms with Crippen LogP contribution in [0.25, 0.3) is 0 Å². The Kier molecular flexibility index (Phi) is 9.46. The zero-order valence-electron chi connectivity index (χ0n) is 10.3. The number of hydrogen-bond donors (Lipinski definition) is 1. The standard InChI is InChI=1S/3C3H7.H2O4S.Sn/c3*1-3-2;1-5(2,3)4;/h3*3H,1-2H3;(H2,1,2,3,4);/q;;;;+1/p-1. The maximum atomic E-state index is 8.63. The summed E-state index contributed by atoms with van der Waals surface area (Å²) in [5.41, 5.74) is 0. The van der Waals surface area contributed by atoms with Crippen molar-refractivity contribution in [3.8, 4) is 0 Å². The molecule has 0 heterocycles. The zero-order chi connectivity index (χ0) is 12.8. The van der Waals surface area contributed by atoms with Crippen LogP contribution >= 0.6 is 0 Å². The van der Waals surface area contributed by atoms with E-state index in [0.29, 0.717) is 0 Å². The van der Waals surface area contributed by atoms with Gasteiger partial charge in [-0.05, 0) is 0 Å². The van der Waals surface area contributed by atoms with Gasteiger partial charge in [0.2, 0.25) is 10.4 Å². The second kappa shape index (κ2) is 7.86. The van der Waals surface area contributed by atoms with Crippen molar-refractivity contribution in [1.29, 1.82) is 0 Å². The molecule has 0 aliphatic carbocycles. The summed E-state index contributed by atoms with van der Waals surface area (Å²) in [5.74, 6) is 0. The van der Waals surface area contributed by atoms with E-state index in [9.17, 15) is 0 Å². The summed E-state index contributed by atoms with van der Waals surface area (Å²) >= 11 is -1.01. The van der Waals surface area contributed by atoms with Gasteiger partial charge in [-0.15, -0.1) is 0 Å². The van der Waals surface area contributed by atoms with Crippen molar-refractivity contribution in [3.63, 3.8) is 0 Å². The molecule has 1 N–H and O–H groups in total. The molecule has 0 atom stereocenters. The first-order valence-corrected chi connectivity index (χ1v) is 11.3. The molecular formula is C9H22O4SSn. The Hall–Kier alpha value is 0.669. The van der Waals surface area contributed by atoms with Gasteiger partial charge in [0.15, 0.2) is 0 Å². The van der Waals surface area contributed by atoms with Gasteiger partial charge in [0.1, 0.15) is 0 Å². The van der Waals surface area contributed by atoms with E-state index in [0.717, 1.165) is 11.8 Å². The van der Waals surface area contributed by atoms with Crippen molar-refractivity contribution in [2.75, 3.05) is 0 Å². The fourth-order valence-corrected chi connectivity index (χ4v) is 13.4. The molecule has 0 radical (unpaired) electrons. The molecule has 0 spiro atoms. The average molecular weight is 345 g/mol. The van der Waals surface area contributed by atoms with E-state index in [4.69, 9.17) is 17.5 Å². The fraction of sp³-hybridized carbons (Fsp3) is 1.00. The van der Waals surface area contributed by atoms with Gasteiger partial charge in [0.05, 0.1) is 0 Å². The summed E-state index contributed by atoms with van der Waals surface area (Å²) in [4.78, 5) is 0. The molecule has 0 saturated carbocycles.